The number of oxime groups is 3. The molecule has 17 amide bonds. The summed E-state index contributed by atoms with van der Waals surface area (Å²) in [5.41, 5.74) is 60.0. The number of amidine groups is 2. The standard InChI is InChI=1S/C11H11N3O.C9H11N3O.C6H9N3O2.C5H11N3O.C5H10N2O.C5H11NO2.C4H10N4O.C4H9N3O.C4H8N2O2.C4H11NO.C3H8N4O.C3H7N3O.C3H7NO/c1-8(2)13-14-11(15)9-4-6-10(12-3)7-5-9;1-7(2)11-12-9(13)8-3-5-10-6-4-8;1-4(2)8-9-3-5(10)7-6(9)11;1-4(2)7-8(3)5(6)9;1-4(2)6-7-5(3)8;1-5(2)6-8-4-3-7;1-3(5)7-8-4(9)6-2;1-3(2)6-7-4(5)8;1-3(2)6-8-4(5)7;1-4(2)5-6-3;1-2(4)6-7-3(5)8;1-2-5-6-3(4)7;1-3(2)4-5/h4-7H,1-2H3,(H,14,15);3-6H,1-2H3,(H,12,13);3H2,1-2H3,(H,7,10,11);1-3H3,(H2,6,9);1-3H3,(H,7,8);7H,3-4H2,1-2H3;1-2H3,(H2,5,7)(H2,6,8,9);1-2H3,(H3,5,7,8);1-2H3,(H2,5,7);4-5H,1-3H3;1H3,(H2,4,6)(H3,5,7,8);2H,1H3,(H3,4,6,7);5H,1-2H3. The van der Waals surface area contributed by atoms with Gasteiger partial charge >= 0.3 is 42.3 Å². The Morgan fingerprint density at radius 1 is 0.591 bits per heavy atom. The molecule has 648 valence electrons. The van der Waals surface area contributed by atoms with Crippen molar-refractivity contribution in [3.63, 3.8) is 0 Å². The highest BCUT2D eigenvalue weighted by atomic mass is 16.7. The number of carbonyl (C=O) groups is 11. The molecule has 0 atom stereocenters. The fourth-order valence-electron chi connectivity index (χ4n) is 4.16. The van der Waals surface area contributed by atoms with Gasteiger partial charge in [-0.25, -0.2) is 91.9 Å². The highest BCUT2D eigenvalue weighted by molar-refractivity contribution is 6.02. The molecule has 26 N–H and O–H groups in total. The molecule has 0 aliphatic carbocycles. The fourth-order valence-corrected chi connectivity index (χ4v) is 4.16. The molecular formula is C66H123N33O16. The second-order valence-corrected chi connectivity index (χ2v) is 22.6. The molecule has 49 heteroatoms. The number of aromatic nitrogens is 1. The Kier molecular flexibility index (Phi) is 87.4. The molecule has 2 heterocycles. The topological polar surface area (TPSA) is 730 Å². The zero-order valence-corrected chi connectivity index (χ0v) is 70.7. The number of rotatable bonds is 17. The van der Waals surface area contributed by atoms with Crippen LogP contribution in [0.25, 0.3) is 4.85 Å². The van der Waals surface area contributed by atoms with E-state index in [4.69, 9.17) is 34.1 Å². The van der Waals surface area contributed by atoms with E-state index in [-0.39, 0.29) is 55.3 Å². The van der Waals surface area contributed by atoms with Gasteiger partial charge in [0.1, 0.15) is 24.8 Å². The molecule has 1 aromatic heterocycles. The van der Waals surface area contributed by atoms with Crippen LogP contribution < -0.4 is 94.2 Å². The Bertz CT molecular complexity index is 3420. The molecule has 0 unspecified atom stereocenters. The number of urea groups is 6. The maximum atomic E-state index is 11.5. The molecule has 1 aliphatic heterocycles. The molecule has 1 fully saturated rings. The number of benzene rings is 1. The van der Waals surface area contributed by atoms with Crippen LogP contribution in [0.3, 0.4) is 0 Å². The highest BCUT2D eigenvalue weighted by Crippen LogP contribution is 2.12. The van der Waals surface area contributed by atoms with Crippen molar-refractivity contribution in [2.24, 2.45) is 102 Å². The lowest BCUT2D eigenvalue weighted by atomic mass is 10.2. The first-order chi connectivity index (χ1) is 53.2. The monoisotopic (exact) mass is 1630 g/mol. The van der Waals surface area contributed by atoms with Crippen molar-refractivity contribution < 1.29 is 77.6 Å². The third kappa shape index (κ3) is 121. The number of hydroxylamine groups is 1. The van der Waals surface area contributed by atoms with Gasteiger partial charge in [-0.3, -0.25) is 34.3 Å². The highest BCUT2D eigenvalue weighted by Gasteiger charge is 2.26. The smallest absolute Gasteiger partial charge is 0.411 e. The summed E-state index contributed by atoms with van der Waals surface area (Å²) in [6, 6.07) is 6.74. The van der Waals surface area contributed by atoms with E-state index in [9.17, 15) is 52.7 Å². The van der Waals surface area contributed by atoms with Crippen molar-refractivity contribution >= 4 is 141 Å². The van der Waals surface area contributed by atoms with Crippen LogP contribution in [0.15, 0.2) is 110 Å². The second kappa shape index (κ2) is 82.4. The maximum absolute atomic E-state index is 11.5. The summed E-state index contributed by atoms with van der Waals surface area (Å²) in [4.78, 5) is 134. The molecule has 2 aromatic rings. The van der Waals surface area contributed by atoms with Gasteiger partial charge in [0.25, 0.3) is 11.8 Å². The van der Waals surface area contributed by atoms with E-state index in [1.807, 2.05) is 66.2 Å². The molecular weight excluding hydrogens is 1510 g/mol. The Morgan fingerprint density at radius 2 is 1.00 bits per heavy atom. The van der Waals surface area contributed by atoms with Crippen molar-refractivity contribution in [2.75, 3.05) is 41.0 Å². The molecule has 1 saturated heterocycles. The minimum absolute atomic E-state index is 0.0246. The first-order valence-corrected chi connectivity index (χ1v) is 33.0. The molecule has 0 spiro atoms. The summed E-state index contributed by atoms with van der Waals surface area (Å²) < 4.78 is 0. The lowest BCUT2D eigenvalue weighted by Crippen LogP contribution is -2.30. The number of imide groups is 1. The predicted octanol–water partition coefficient (Wildman–Crippen LogP) is 4.55. The number of primary amides is 5. The van der Waals surface area contributed by atoms with Gasteiger partial charge in [-0.1, -0.05) is 39.7 Å². The van der Waals surface area contributed by atoms with Gasteiger partial charge in [0.05, 0.1) is 37.4 Å². The van der Waals surface area contributed by atoms with Gasteiger partial charge in [0.15, 0.2) is 5.69 Å². The van der Waals surface area contributed by atoms with E-state index in [0.29, 0.717) is 40.1 Å². The minimum atomic E-state index is -0.883. The third-order valence-electron chi connectivity index (χ3n) is 8.06. The van der Waals surface area contributed by atoms with Crippen LogP contribution in [0, 0.1) is 6.57 Å². The maximum Gasteiger partial charge on any atom is 0.430 e. The van der Waals surface area contributed by atoms with Crippen molar-refractivity contribution in [2.45, 2.75) is 172 Å². The van der Waals surface area contributed by atoms with E-state index < -0.39 is 36.2 Å². The number of amides is 17. The summed E-state index contributed by atoms with van der Waals surface area (Å²) in [6.45, 7) is 49.3. The molecule has 49 nitrogen and oxygen atoms in total. The van der Waals surface area contributed by atoms with Gasteiger partial charge in [-0.15, -0.1) is 0 Å². The molecule has 115 heavy (non-hydrogen) atoms. The molecule has 0 bridgehead atoms. The zero-order valence-electron chi connectivity index (χ0n) is 70.7. The largest absolute Gasteiger partial charge is 0.430 e. The van der Waals surface area contributed by atoms with Crippen molar-refractivity contribution in [3.8, 4) is 0 Å². The summed E-state index contributed by atoms with van der Waals surface area (Å²) >= 11 is 0. The molecule has 1 aromatic carbocycles. The number of nitrogens with zero attached hydrogens (tertiary/aromatic N) is 16. The van der Waals surface area contributed by atoms with Crippen molar-refractivity contribution in [3.05, 3.63) is 71.3 Å². The van der Waals surface area contributed by atoms with E-state index in [1.165, 1.54) is 34.2 Å². The summed E-state index contributed by atoms with van der Waals surface area (Å²) in [5, 5.41) is 64.6. The van der Waals surface area contributed by atoms with Crippen molar-refractivity contribution in [1.29, 1.82) is 0 Å². The Balaban J connectivity index is -0.000000131. The lowest BCUT2D eigenvalue weighted by Gasteiger charge is -2.05. The number of hydrogen-bond donors (Lipinski definition) is 19. The minimum Gasteiger partial charge on any atom is -0.411 e. The second-order valence-electron chi connectivity index (χ2n) is 22.6. The predicted molar refractivity (Wildman–Crippen MR) is 448 cm³/mol. The van der Waals surface area contributed by atoms with E-state index in [0.717, 1.165) is 50.0 Å². The number of nitrogens with one attached hydrogen (secondary N) is 10. The zero-order chi connectivity index (χ0) is 91.7. The van der Waals surface area contributed by atoms with E-state index in [2.05, 4.69) is 152 Å². The quantitative estimate of drug-likeness (QED) is 0.0151. The van der Waals surface area contributed by atoms with Crippen LogP contribution in [-0.2, 0) is 24.1 Å². The number of aliphatic hydroxyl groups is 1. The summed E-state index contributed by atoms with van der Waals surface area (Å²) in [5.74, 6) is -0.343. The average Bonchev–Trinajstić information content (AvgIpc) is 1.84. The SMILES string of the molecule is CC(=O)NN=C(C)C.CC(C)=NN(C)C(N)=O.CC(C)=NN1CC(=O)NC1=O.CC(C)=NNC(=O)c1ccncc1.CC(C)=NNC(N)=O.CC(C)=NO.CC(C)=NOC(N)=O.CC(C)=NOCCO.CC(N)=NNC(N)=O.CC=NNC(N)=O.CNC(=O)NN=C(C)N.CONC(C)C.[C-]#[N+]c1ccc(C(=O)NN=C(C)C)cc1. The molecule has 3 rings (SSSR count). The lowest BCUT2D eigenvalue weighted by molar-refractivity contribution is -0.119. The average molecular weight is 1630 g/mol. The van der Waals surface area contributed by atoms with Crippen molar-refractivity contribution in [1.82, 2.24) is 69.1 Å². The van der Waals surface area contributed by atoms with Crippen LogP contribution >= 0.6 is 0 Å². The van der Waals surface area contributed by atoms with Crippen LogP contribution in [0.1, 0.15) is 187 Å². The molecule has 0 radical (unpaired) electrons. The van der Waals surface area contributed by atoms with Gasteiger partial charge in [-0.05, 0) is 171 Å². The number of hydrogen-bond acceptors (Lipinski definition) is 30. The van der Waals surface area contributed by atoms with Gasteiger partial charge in [0, 0.05) is 91.1 Å². The number of carbonyl (C=O) groups excluding carboxylic acids is 11. The number of nitrogens with two attached hydrogens (primary N) is 7. The van der Waals surface area contributed by atoms with Gasteiger partial charge in [-0.2, -0.15) is 45.9 Å². The van der Waals surface area contributed by atoms with Gasteiger partial charge in [0.2, 0.25) is 11.8 Å². The van der Waals surface area contributed by atoms with Gasteiger partial charge < -0.3 is 65.4 Å². The fraction of sp³-hybridized carbons (Fsp3) is 0.470. The Hall–Kier alpha value is -14.0. The van der Waals surface area contributed by atoms with E-state index >= 15 is 0 Å². The third-order valence-corrected chi connectivity index (χ3v) is 8.06. The normalized spacial score (nSPS) is 9.62. The first-order valence-electron chi connectivity index (χ1n) is 33.0. The number of pyridine rings is 1. The Morgan fingerprint density at radius 3 is 1.23 bits per heavy atom. The van der Waals surface area contributed by atoms with Crippen LogP contribution in [0.2, 0.25) is 0 Å². The molecule has 0 saturated carbocycles. The van der Waals surface area contributed by atoms with Crippen LogP contribution in [0.4, 0.5) is 39.2 Å². The number of hydrazone groups is 9. The summed E-state index contributed by atoms with van der Waals surface area (Å²) in [6.07, 6.45) is 3.69. The van der Waals surface area contributed by atoms with E-state index in [1.54, 1.807) is 153 Å². The summed E-state index contributed by atoms with van der Waals surface area (Å²) in [7, 11) is 4.62. The van der Waals surface area contributed by atoms with Crippen LogP contribution in [-0.4, -0.2) is 208 Å². The molecule has 1 aliphatic rings. The Labute approximate surface area is 671 Å². The number of aliphatic hydroxyl groups excluding tert-OH is 1. The van der Waals surface area contributed by atoms with Crippen LogP contribution in [0.5, 0.6) is 0 Å². The first kappa shape index (κ1) is 122.